The van der Waals surface area contributed by atoms with E-state index in [1.807, 2.05) is 41.6 Å². The number of aliphatic imine (C=N–C) groups is 2. The number of para-hydroxylation sites is 1. The van der Waals surface area contributed by atoms with Gasteiger partial charge in [0.2, 0.25) is 0 Å². The van der Waals surface area contributed by atoms with Gasteiger partial charge in [-0.1, -0.05) is 25.1 Å². The fourth-order valence-electron chi connectivity index (χ4n) is 3.46. The number of hydrogen-bond donors (Lipinski definition) is 0. The minimum atomic E-state index is 0.0248. The van der Waals surface area contributed by atoms with Crippen LogP contribution in [0, 0.1) is 0 Å². The van der Waals surface area contributed by atoms with Crippen LogP contribution < -0.4 is 4.74 Å². The Labute approximate surface area is 159 Å². The predicted octanol–water partition coefficient (Wildman–Crippen LogP) is 1.59. The van der Waals surface area contributed by atoms with E-state index in [1.165, 1.54) is 0 Å². The third kappa shape index (κ3) is 3.97. The van der Waals surface area contributed by atoms with Crippen molar-refractivity contribution in [2.24, 2.45) is 9.98 Å². The Kier molecular flexibility index (Phi) is 5.09. The number of amidine groups is 1. The number of nitrogens with zero attached hydrogens (tertiary/aromatic N) is 5. The number of benzene rings is 1. The molecular formula is C20H25N5O2. The summed E-state index contributed by atoms with van der Waals surface area (Å²) in [4.78, 5) is 27.9. The predicted molar refractivity (Wildman–Crippen MR) is 105 cm³/mol. The van der Waals surface area contributed by atoms with Crippen LogP contribution in [-0.2, 0) is 4.79 Å². The molecule has 0 radical (unpaired) electrons. The van der Waals surface area contributed by atoms with Crippen LogP contribution in [0.25, 0.3) is 0 Å². The van der Waals surface area contributed by atoms with E-state index >= 15 is 0 Å². The average molecular weight is 367 g/mol. The maximum absolute atomic E-state index is 12.4. The summed E-state index contributed by atoms with van der Waals surface area (Å²) in [6.07, 6.45) is 4.99. The molecule has 0 aliphatic carbocycles. The Morgan fingerprint density at radius 2 is 1.96 bits per heavy atom. The van der Waals surface area contributed by atoms with Crippen LogP contribution in [0.5, 0.6) is 5.75 Å². The number of amides is 1. The van der Waals surface area contributed by atoms with Gasteiger partial charge < -0.3 is 19.4 Å². The van der Waals surface area contributed by atoms with Gasteiger partial charge in [0.15, 0.2) is 6.61 Å². The van der Waals surface area contributed by atoms with Gasteiger partial charge in [-0.25, -0.2) is 4.99 Å². The molecule has 0 bridgehead atoms. The van der Waals surface area contributed by atoms with E-state index in [-0.39, 0.29) is 12.5 Å². The number of rotatable bonds is 5. The second-order valence-corrected chi connectivity index (χ2v) is 6.92. The highest BCUT2D eigenvalue weighted by atomic mass is 16.5. The third-order valence-electron chi connectivity index (χ3n) is 5.14. The van der Waals surface area contributed by atoms with Crippen molar-refractivity contribution in [2.45, 2.75) is 19.4 Å². The van der Waals surface area contributed by atoms with Gasteiger partial charge in [0.25, 0.3) is 5.91 Å². The van der Waals surface area contributed by atoms with E-state index in [0.29, 0.717) is 19.1 Å². The molecule has 4 rings (SSSR count). The van der Waals surface area contributed by atoms with E-state index < -0.39 is 0 Å². The second-order valence-electron chi connectivity index (χ2n) is 6.92. The van der Waals surface area contributed by atoms with Crippen molar-refractivity contribution >= 4 is 18.1 Å². The molecule has 142 valence electrons. The van der Waals surface area contributed by atoms with Gasteiger partial charge in [-0.15, -0.1) is 0 Å². The van der Waals surface area contributed by atoms with Crippen molar-refractivity contribution < 1.29 is 9.53 Å². The van der Waals surface area contributed by atoms with Crippen molar-refractivity contribution in [1.29, 1.82) is 0 Å². The summed E-state index contributed by atoms with van der Waals surface area (Å²) < 4.78 is 5.57. The van der Waals surface area contributed by atoms with Gasteiger partial charge in [0.05, 0.1) is 12.4 Å². The van der Waals surface area contributed by atoms with Gasteiger partial charge in [-0.2, -0.15) is 0 Å². The van der Waals surface area contributed by atoms with Crippen LogP contribution in [0.2, 0.25) is 0 Å². The van der Waals surface area contributed by atoms with Crippen molar-refractivity contribution in [1.82, 2.24) is 14.7 Å². The maximum Gasteiger partial charge on any atom is 0.260 e. The van der Waals surface area contributed by atoms with Crippen LogP contribution >= 0.6 is 0 Å². The lowest BCUT2D eigenvalue weighted by Gasteiger charge is -2.36. The molecule has 1 fully saturated rings. The average Bonchev–Trinajstić information content (AvgIpc) is 3.15. The molecule has 0 aromatic heterocycles. The van der Waals surface area contributed by atoms with E-state index in [4.69, 9.17) is 9.73 Å². The van der Waals surface area contributed by atoms with Crippen LogP contribution in [0.1, 0.15) is 13.3 Å². The molecule has 0 spiro atoms. The first-order valence-electron chi connectivity index (χ1n) is 9.54. The SMILES string of the molecule is CCC1CN2C=NC(N3CCN(C(=O)COc4ccccc4)CC3)=CC2=N1. The molecule has 1 atom stereocenters. The Morgan fingerprint density at radius 1 is 1.19 bits per heavy atom. The first kappa shape index (κ1) is 17.6. The molecule has 0 saturated carbocycles. The van der Waals surface area contributed by atoms with Crippen molar-refractivity contribution in [2.75, 3.05) is 39.3 Å². The maximum atomic E-state index is 12.4. The molecule has 3 aliphatic heterocycles. The summed E-state index contributed by atoms with van der Waals surface area (Å²) in [6, 6.07) is 9.80. The molecule has 1 amide bonds. The zero-order valence-electron chi connectivity index (χ0n) is 15.6. The monoisotopic (exact) mass is 367 g/mol. The summed E-state index contributed by atoms with van der Waals surface area (Å²) in [5.74, 6) is 2.69. The molecule has 1 aromatic carbocycles. The summed E-state index contributed by atoms with van der Waals surface area (Å²) in [5, 5.41) is 0. The summed E-state index contributed by atoms with van der Waals surface area (Å²) >= 11 is 0. The Balaban J connectivity index is 1.29. The molecule has 1 saturated heterocycles. The smallest absolute Gasteiger partial charge is 0.260 e. The van der Waals surface area contributed by atoms with E-state index in [1.54, 1.807) is 0 Å². The van der Waals surface area contributed by atoms with E-state index in [9.17, 15) is 4.79 Å². The summed E-state index contributed by atoms with van der Waals surface area (Å²) in [6.45, 7) is 6.05. The lowest BCUT2D eigenvalue weighted by atomic mass is 10.2. The molecule has 1 aromatic rings. The Hall–Kier alpha value is -2.83. The van der Waals surface area contributed by atoms with Crippen LogP contribution in [-0.4, -0.2) is 78.2 Å². The largest absolute Gasteiger partial charge is 0.484 e. The highest BCUT2D eigenvalue weighted by molar-refractivity contribution is 6.03. The normalized spacial score (nSPS) is 21.7. The van der Waals surface area contributed by atoms with Gasteiger partial charge in [-0.05, 0) is 18.6 Å². The lowest BCUT2D eigenvalue weighted by Crippen LogP contribution is -2.49. The van der Waals surface area contributed by atoms with Crippen molar-refractivity contribution in [3.8, 4) is 5.75 Å². The van der Waals surface area contributed by atoms with Gasteiger partial charge in [-0.3, -0.25) is 9.79 Å². The first-order chi connectivity index (χ1) is 13.2. The molecule has 1 unspecified atom stereocenters. The Bertz CT molecular complexity index is 766. The minimum absolute atomic E-state index is 0.0248. The third-order valence-corrected chi connectivity index (χ3v) is 5.14. The highest BCUT2D eigenvalue weighted by Crippen LogP contribution is 2.20. The van der Waals surface area contributed by atoms with E-state index in [0.717, 1.165) is 43.5 Å². The van der Waals surface area contributed by atoms with Crippen molar-refractivity contribution in [3.63, 3.8) is 0 Å². The van der Waals surface area contributed by atoms with Crippen molar-refractivity contribution in [3.05, 3.63) is 42.2 Å². The second kappa shape index (κ2) is 7.82. The minimum Gasteiger partial charge on any atom is -0.484 e. The lowest BCUT2D eigenvalue weighted by molar-refractivity contribution is -0.134. The van der Waals surface area contributed by atoms with Gasteiger partial charge in [0, 0.05) is 38.8 Å². The molecule has 3 heterocycles. The standard InChI is InChI=1S/C20H25N5O2/c1-2-16-13-25-15-21-18(12-19(25)22-16)23-8-10-24(11-9-23)20(26)14-27-17-6-4-3-5-7-17/h3-7,12,15-16H,2,8-11,13-14H2,1H3. The Morgan fingerprint density at radius 3 is 2.70 bits per heavy atom. The van der Waals surface area contributed by atoms with Gasteiger partial charge in [0.1, 0.15) is 17.4 Å². The van der Waals surface area contributed by atoms with Crippen LogP contribution in [0.15, 0.2) is 52.2 Å². The molecular weight excluding hydrogens is 342 g/mol. The molecule has 0 N–H and O–H groups in total. The van der Waals surface area contributed by atoms with Gasteiger partial charge >= 0.3 is 0 Å². The summed E-state index contributed by atoms with van der Waals surface area (Å²) in [5.41, 5.74) is 0. The number of fused-ring (bicyclic) bond motifs is 1. The number of carbonyl (C=O) groups excluding carboxylic acids is 1. The number of hydrogen-bond acceptors (Lipinski definition) is 6. The topological polar surface area (TPSA) is 60.7 Å². The molecule has 3 aliphatic rings. The zero-order chi connectivity index (χ0) is 18.6. The molecule has 7 nitrogen and oxygen atoms in total. The molecule has 7 heteroatoms. The number of ether oxygens (including phenoxy) is 1. The number of piperazine rings is 1. The summed E-state index contributed by atoms with van der Waals surface area (Å²) in [7, 11) is 0. The van der Waals surface area contributed by atoms with Crippen LogP contribution in [0.3, 0.4) is 0 Å². The molecule has 27 heavy (non-hydrogen) atoms. The zero-order valence-corrected chi connectivity index (χ0v) is 15.6. The first-order valence-corrected chi connectivity index (χ1v) is 9.54. The van der Waals surface area contributed by atoms with Crippen LogP contribution in [0.4, 0.5) is 0 Å². The number of carbonyl (C=O) groups is 1. The fourth-order valence-corrected chi connectivity index (χ4v) is 3.46. The highest BCUT2D eigenvalue weighted by Gasteiger charge is 2.27. The van der Waals surface area contributed by atoms with E-state index in [2.05, 4.69) is 27.8 Å². The quantitative estimate of drug-likeness (QED) is 0.793. The fraction of sp³-hybridized carbons (Fsp3) is 0.450.